The molecule has 3 rings (SSSR count). The lowest BCUT2D eigenvalue weighted by molar-refractivity contribution is 0.0306. The van der Waals surface area contributed by atoms with Crippen molar-refractivity contribution in [3.63, 3.8) is 0 Å². The maximum Gasteiger partial charge on any atom is 0.265 e. The Morgan fingerprint density at radius 3 is 2.52 bits per heavy atom. The molecular weight excluding hydrogens is 367 g/mol. The topological polar surface area (TPSA) is 58.6 Å². The summed E-state index contributed by atoms with van der Waals surface area (Å²) in [4.78, 5) is 27.0. The molecule has 132 valence electrons. The maximum absolute atomic E-state index is 13.0. The van der Waals surface area contributed by atoms with E-state index < -0.39 is 5.82 Å². The summed E-state index contributed by atoms with van der Waals surface area (Å²) in [5.74, 6) is -0.958. The number of carbonyl (C=O) groups excluding carboxylic acids is 2. The van der Waals surface area contributed by atoms with Gasteiger partial charge >= 0.3 is 0 Å². The fourth-order valence-corrected chi connectivity index (χ4v) is 3.85. The number of rotatable bonds is 3. The number of amides is 2. The van der Waals surface area contributed by atoms with Gasteiger partial charge in [-0.25, -0.2) is 4.39 Å². The molecule has 2 amide bonds. The Bertz CT molecular complexity index is 801. The summed E-state index contributed by atoms with van der Waals surface area (Å²) < 4.78 is 18.2. The third kappa shape index (κ3) is 3.84. The van der Waals surface area contributed by atoms with E-state index in [-0.39, 0.29) is 11.8 Å². The second-order valence-electron chi connectivity index (χ2n) is 5.56. The third-order valence-electron chi connectivity index (χ3n) is 3.90. The van der Waals surface area contributed by atoms with Crippen LogP contribution in [0.4, 0.5) is 9.39 Å². The molecule has 1 aliphatic heterocycles. The number of thiophene rings is 1. The van der Waals surface area contributed by atoms with Gasteiger partial charge in [0.25, 0.3) is 11.8 Å². The Kier molecular flexibility index (Phi) is 5.36. The molecule has 0 unspecified atom stereocenters. The van der Waals surface area contributed by atoms with Crippen LogP contribution in [-0.2, 0) is 4.74 Å². The number of morpholine rings is 1. The highest BCUT2D eigenvalue weighted by Gasteiger charge is 2.26. The summed E-state index contributed by atoms with van der Waals surface area (Å²) in [6.45, 7) is 3.78. The number of ether oxygens (including phenoxy) is 1. The molecule has 0 saturated carbocycles. The zero-order valence-corrected chi connectivity index (χ0v) is 15.0. The molecule has 1 N–H and O–H groups in total. The van der Waals surface area contributed by atoms with E-state index in [0.717, 1.165) is 11.3 Å². The van der Waals surface area contributed by atoms with Gasteiger partial charge in [-0.15, -0.1) is 11.3 Å². The van der Waals surface area contributed by atoms with Crippen LogP contribution in [-0.4, -0.2) is 43.0 Å². The Morgan fingerprint density at radius 1 is 1.24 bits per heavy atom. The van der Waals surface area contributed by atoms with Crippen molar-refractivity contribution < 1.29 is 18.7 Å². The number of benzene rings is 1. The molecule has 1 fully saturated rings. The molecule has 1 aromatic carbocycles. The molecule has 1 saturated heterocycles. The Hall–Kier alpha value is -1.96. The van der Waals surface area contributed by atoms with Crippen LogP contribution in [0, 0.1) is 12.7 Å². The largest absolute Gasteiger partial charge is 0.378 e. The molecule has 0 bridgehead atoms. The highest BCUT2D eigenvalue weighted by Crippen LogP contribution is 2.37. The maximum atomic E-state index is 13.0. The van der Waals surface area contributed by atoms with Crippen molar-refractivity contribution in [1.29, 1.82) is 0 Å². The smallest absolute Gasteiger partial charge is 0.265 e. The van der Waals surface area contributed by atoms with Crippen molar-refractivity contribution in [2.24, 2.45) is 0 Å². The van der Waals surface area contributed by atoms with E-state index in [1.165, 1.54) is 24.3 Å². The van der Waals surface area contributed by atoms with Crippen molar-refractivity contribution in [1.82, 2.24) is 4.90 Å². The van der Waals surface area contributed by atoms with Gasteiger partial charge in [0.15, 0.2) is 0 Å². The van der Waals surface area contributed by atoms with Crippen LogP contribution in [0.3, 0.4) is 0 Å². The normalized spacial score (nSPS) is 14.4. The number of nitrogens with zero attached hydrogens (tertiary/aromatic N) is 1. The van der Waals surface area contributed by atoms with E-state index in [2.05, 4.69) is 5.32 Å². The summed E-state index contributed by atoms with van der Waals surface area (Å²) in [5.41, 5.74) is 0.963. The molecule has 8 heteroatoms. The summed E-state index contributed by atoms with van der Waals surface area (Å²) in [6, 6.07) is 5.23. The van der Waals surface area contributed by atoms with Crippen LogP contribution in [0.15, 0.2) is 24.3 Å². The van der Waals surface area contributed by atoms with Gasteiger partial charge in [-0.2, -0.15) is 0 Å². The minimum Gasteiger partial charge on any atom is -0.378 e. The van der Waals surface area contributed by atoms with E-state index in [1.54, 1.807) is 11.8 Å². The number of hydrogen-bond acceptors (Lipinski definition) is 4. The molecule has 0 radical (unpaired) electrons. The van der Waals surface area contributed by atoms with Crippen molar-refractivity contribution in [2.75, 3.05) is 31.6 Å². The molecule has 0 spiro atoms. The van der Waals surface area contributed by atoms with Crippen molar-refractivity contribution >= 4 is 39.8 Å². The van der Waals surface area contributed by atoms with Crippen LogP contribution >= 0.6 is 22.9 Å². The van der Waals surface area contributed by atoms with Gasteiger partial charge in [0, 0.05) is 24.2 Å². The minimum absolute atomic E-state index is 0.163. The Labute approximate surface area is 153 Å². The molecule has 0 aliphatic carbocycles. The first kappa shape index (κ1) is 17.8. The van der Waals surface area contributed by atoms with Crippen molar-refractivity contribution in [3.8, 4) is 0 Å². The van der Waals surface area contributed by atoms with Gasteiger partial charge in [-0.05, 0) is 31.2 Å². The van der Waals surface area contributed by atoms with Gasteiger partial charge in [0.05, 0.1) is 18.2 Å². The second-order valence-corrected chi connectivity index (χ2v) is 6.96. The average Bonchev–Trinajstić information content (AvgIpc) is 2.91. The lowest BCUT2D eigenvalue weighted by atomic mass is 10.2. The van der Waals surface area contributed by atoms with Crippen molar-refractivity contribution in [3.05, 3.63) is 51.1 Å². The zero-order valence-electron chi connectivity index (χ0n) is 13.5. The number of nitrogens with one attached hydrogen (secondary N) is 1. The number of anilines is 1. The summed E-state index contributed by atoms with van der Waals surface area (Å²) >= 11 is 7.45. The number of hydrogen-bond donors (Lipinski definition) is 1. The fourth-order valence-electron chi connectivity index (χ4n) is 2.44. The lowest BCUT2D eigenvalue weighted by Gasteiger charge is -2.26. The summed E-state index contributed by atoms with van der Waals surface area (Å²) in [7, 11) is 0. The molecule has 2 aromatic rings. The predicted octanol–water partition coefficient (Wildman–Crippen LogP) is 3.57. The van der Waals surface area contributed by atoms with Gasteiger partial charge in [0.2, 0.25) is 0 Å². The quantitative estimate of drug-likeness (QED) is 0.882. The van der Waals surface area contributed by atoms with Crippen LogP contribution in [0.25, 0.3) is 0 Å². The Balaban J connectivity index is 1.79. The molecule has 1 aromatic heterocycles. The summed E-state index contributed by atoms with van der Waals surface area (Å²) in [6.07, 6.45) is 0. The van der Waals surface area contributed by atoms with Gasteiger partial charge in [-0.1, -0.05) is 11.6 Å². The van der Waals surface area contributed by atoms with Crippen LogP contribution < -0.4 is 5.32 Å². The first-order chi connectivity index (χ1) is 12.0. The first-order valence-corrected chi connectivity index (χ1v) is 8.89. The molecule has 0 atom stereocenters. The first-order valence-electron chi connectivity index (χ1n) is 7.70. The molecular formula is C17H16ClFN2O3S. The van der Waals surface area contributed by atoms with Gasteiger partial charge in [-0.3, -0.25) is 9.59 Å². The molecule has 1 aliphatic rings. The van der Waals surface area contributed by atoms with Crippen molar-refractivity contribution in [2.45, 2.75) is 6.92 Å². The number of halogens is 2. The van der Waals surface area contributed by atoms with Crippen LogP contribution in [0.2, 0.25) is 5.02 Å². The van der Waals surface area contributed by atoms with E-state index >= 15 is 0 Å². The zero-order chi connectivity index (χ0) is 18.0. The number of carbonyl (C=O) groups is 2. The summed E-state index contributed by atoms with van der Waals surface area (Å²) in [5, 5.41) is 3.60. The Morgan fingerprint density at radius 2 is 1.88 bits per heavy atom. The predicted molar refractivity (Wildman–Crippen MR) is 95.1 cm³/mol. The third-order valence-corrected chi connectivity index (χ3v) is 5.68. The average molecular weight is 383 g/mol. The van der Waals surface area contributed by atoms with Crippen LogP contribution in [0.5, 0.6) is 0 Å². The van der Waals surface area contributed by atoms with E-state index in [1.807, 2.05) is 0 Å². The second kappa shape index (κ2) is 7.51. The fraction of sp³-hybridized carbons (Fsp3) is 0.294. The SMILES string of the molecule is Cc1c(NC(=O)c2ccc(F)cc2)sc(C(=O)N2CCOCC2)c1Cl. The van der Waals surface area contributed by atoms with E-state index in [0.29, 0.717) is 52.3 Å². The van der Waals surface area contributed by atoms with Gasteiger partial charge in [0.1, 0.15) is 15.7 Å². The minimum atomic E-state index is -0.412. The standard InChI is InChI=1S/C17H16ClFN2O3S/c1-10-13(18)14(17(23)21-6-8-24-9-7-21)25-16(10)20-15(22)11-2-4-12(19)5-3-11/h2-5H,6-9H2,1H3,(H,20,22). The van der Waals surface area contributed by atoms with Gasteiger partial charge < -0.3 is 15.0 Å². The monoisotopic (exact) mass is 382 g/mol. The van der Waals surface area contributed by atoms with Crippen LogP contribution in [0.1, 0.15) is 25.6 Å². The molecule has 5 nitrogen and oxygen atoms in total. The van der Waals surface area contributed by atoms with E-state index in [4.69, 9.17) is 16.3 Å². The molecule has 25 heavy (non-hydrogen) atoms. The molecule has 2 heterocycles. The highest BCUT2D eigenvalue weighted by atomic mass is 35.5. The lowest BCUT2D eigenvalue weighted by Crippen LogP contribution is -2.40. The highest BCUT2D eigenvalue weighted by molar-refractivity contribution is 7.19. The van der Waals surface area contributed by atoms with E-state index in [9.17, 15) is 14.0 Å².